The van der Waals surface area contributed by atoms with Gasteiger partial charge in [0, 0.05) is 38.7 Å². The third-order valence-corrected chi connectivity index (χ3v) is 7.18. The van der Waals surface area contributed by atoms with Crippen LogP contribution in [0.3, 0.4) is 0 Å². The Labute approximate surface area is 237 Å². The van der Waals surface area contributed by atoms with E-state index in [9.17, 15) is 19.2 Å². The van der Waals surface area contributed by atoms with Crippen LogP contribution in [0.25, 0.3) is 11.0 Å². The van der Waals surface area contributed by atoms with E-state index < -0.39 is 23.7 Å². The minimum atomic E-state index is -1.23. The Morgan fingerprint density at radius 1 is 1.15 bits per heavy atom. The molecule has 2 aromatic carbocycles. The van der Waals surface area contributed by atoms with Gasteiger partial charge in [-0.2, -0.15) is 0 Å². The lowest BCUT2D eigenvalue weighted by Gasteiger charge is -2.36. The lowest BCUT2D eigenvalue weighted by Crippen LogP contribution is -2.51. The van der Waals surface area contributed by atoms with Crippen molar-refractivity contribution in [3.8, 4) is 0 Å². The smallest absolute Gasteiger partial charge is 0.312 e. The normalized spacial score (nSPS) is 14.3. The van der Waals surface area contributed by atoms with Crippen LogP contribution in [0.4, 0.5) is 0 Å². The molecular weight excluding hydrogens is 536 g/mol. The summed E-state index contributed by atoms with van der Waals surface area (Å²) in [5.41, 5.74) is 7.32. The predicted molar refractivity (Wildman–Crippen MR) is 153 cm³/mol. The molecule has 1 unspecified atom stereocenters. The summed E-state index contributed by atoms with van der Waals surface area (Å²) in [6.07, 6.45) is 1.38. The minimum Gasteiger partial charge on any atom is -0.481 e. The van der Waals surface area contributed by atoms with Crippen molar-refractivity contribution in [2.24, 2.45) is 5.73 Å². The molecule has 0 spiro atoms. The van der Waals surface area contributed by atoms with Crippen molar-refractivity contribution in [2.45, 2.75) is 38.0 Å². The fourth-order valence-electron chi connectivity index (χ4n) is 4.96. The second-order valence-electron chi connectivity index (χ2n) is 10.2. The fraction of sp³-hybridized carbons (Fsp3) is 0.357. The summed E-state index contributed by atoms with van der Waals surface area (Å²) < 4.78 is 0. The van der Waals surface area contributed by atoms with E-state index in [0.717, 1.165) is 18.4 Å². The highest BCUT2D eigenvalue weighted by atomic mass is 35.5. The molecule has 0 saturated carbocycles. The molecule has 5 N–H and O–H groups in total. The maximum atomic E-state index is 13.8. The number of nitrogens with one attached hydrogen (secondary N) is 2. The molecule has 1 aliphatic rings. The summed E-state index contributed by atoms with van der Waals surface area (Å²) in [6.45, 7) is 2.97. The van der Waals surface area contributed by atoms with E-state index in [4.69, 9.17) is 16.2 Å². The number of nitrogens with zero attached hydrogens (tertiary/aromatic N) is 3. The Morgan fingerprint density at radius 2 is 1.80 bits per heavy atom. The lowest BCUT2D eigenvalue weighted by molar-refractivity contribution is -0.144. The lowest BCUT2D eigenvalue weighted by atomic mass is 9.80. The average Bonchev–Trinajstić information content (AvgIpc) is 3.43. The third kappa shape index (κ3) is 6.48. The summed E-state index contributed by atoms with van der Waals surface area (Å²) >= 11 is 0. The molecule has 40 heavy (non-hydrogen) atoms. The molecule has 4 rings (SSSR count). The summed E-state index contributed by atoms with van der Waals surface area (Å²) in [4.78, 5) is 60.7. The number of hydrogen-bond donors (Lipinski definition) is 4. The number of fused-ring (bicyclic) bond motifs is 1. The number of aliphatic carboxylic acids is 1. The van der Waals surface area contributed by atoms with E-state index >= 15 is 0 Å². The van der Waals surface area contributed by atoms with E-state index in [1.54, 1.807) is 54.3 Å². The monoisotopic (exact) mass is 568 g/mol. The quantitative estimate of drug-likeness (QED) is 0.173. The number of carbonyl (C=O) groups excluding carboxylic acids is 2. The number of benzene rings is 2. The second kappa shape index (κ2) is 12.3. The number of aromatic amines is 1. The van der Waals surface area contributed by atoms with E-state index in [1.165, 1.54) is 11.9 Å². The van der Waals surface area contributed by atoms with Crippen LogP contribution < -0.4 is 11.3 Å². The van der Waals surface area contributed by atoms with Crippen LogP contribution in [0.15, 0.2) is 47.3 Å². The summed E-state index contributed by atoms with van der Waals surface area (Å²) in [5, 5.41) is 16.6. The zero-order chi connectivity index (χ0) is 28.3. The van der Waals surface area contributed by atoms with Gasteiger partial charge in [-0.3, -0.25) is 24.6 Å². The first-order valence-corrected chi connectivity index (χ1v) is 12.7. The molecule has 1 fully saturated rings. The first kappa shape index (κ1) is 30.3. The first-order chi connectivity index (χ1) is 18.5. The Kier molecular flexibility index (Phi) is 9.31. The van der Waals surface area contributed by atoms with Crippen molar-refractivity contribution in [3.63, 3.8) is 0 Å². The Morgan fingerprint density at radius 3 is 2.40 bits per heavy atom. The molecule has 1 saturated heterocycles. The molecule has 1 aromatic heterocycles. The number of amidine groups is 1. The summed E-state index contributed by atoms with van der Waals surface area (Å²) in [5.74, 6) is -2.02. The van der Waals surface area contributed by atoms with Gasteiger partial charge in [0.25, 0.3) is 5.56 Å². The molecule has 0 radical (unpaired) electrons. The number of H-pyrrole nitrogens is 1. The van der Waals surface area contributed by atoms with Gasteiger partial charge < -0.3 is 25.6 Å². The Bertz CT molecular complexity index is 1500. The van der Waals surface area contributed by atoms with Crippen molar-refractivity contribution in [3.05, 3.63) is 75.2 Å². The number of likely N-dealkylation sites (N-methyl/N-ethyl adjacent to an activating group) is 1. The molecule has 212 valence electrons. The van der Waals surface area contributed by atoms with Crippen molar-refractivity contribution >= 4 is 47.1 Å². The van der Waals surface area contributed by atoms with Gasteiger partial charge in [0.2, 0.25) is 11.8 Å². The number of halogens is 1. The molecular formula is C28H33ClN6O5. The van der Waals surface area contributed by atoms with Gasteiger partial charge in [0.1, 0.15) is 18.0 Å². The number of nitrogens with two attached hydrogens (primary N) is 1. The van der Waals surface area contributed by atoms with Crippen LogP contribution in [0, 0.1) is 5.41 Å². The predicted octanol–water partition coefficient (Wildman–Crippen LogP) is 2.03. The molecule has 12 heteroatoms. The topological polar surface area (TPSA) is 174 Å². The van der Waals surface area contributed by atoms with Crippen molar-refractivity contribution in [1.82, 2.24) is 19.8 Å². The fourth-order valence-corrected chi connectivity index (χ4v) is 4.96. The highest BCUT2D eigenvalue weighted by Gasteiger charge is 2.41. The number of carboxylic acids is 1. The number of aromatic nitrogens is 2. The van der Waals surface area contributed by atoms with Gasteiger partial charge in [-0.15, -0.1) is 12.4 Å². The van der Waals surface area contributed by atoms with E-state index in [2.05, 4.69) is 9.97 Å². The minimum absolute atomic E-state index is 0. The maximum absolute atomic E-state index is 13.8. The van der Waals surface area contributed by atoms with Gasteiger partial charge in [0.15, 0.2) is 0 Å². The van der Waals surface area contributed by atoms with Gasteiger partial charge in [-0.25, -0.2) is 4.98 Å². The number of likely N-dealkylation sites (tertiary alicyclic amines) is 1. The van der Waals surface area contributed by atoms with Crippen molar-refractivity contribution < 1.29 is 19.5 Å². The van der Waals surface area contributed by atoms with Crippen LogP contribution in [-0.4, -0.2) is 75.2 Å². The number of carboxylic acid groups (broad SMARTS) is 1. The number of hydrogen-bond acceptors (Lipinski definition) is 6. The van der Waals surface area contributed by atoms with Gasteiger partial charge in [0.05, 0.1) is 16.4 Å². The molecule has 0 aliphatic carbocycles. The molecule has 11 nitrogen and oxygen atoms in total. The van der Waals surface area contributed by atoms with E-state index in [1.807, 2.05) is 0 Å². The highest BCUT2D eigenvalue weighted by Crippen LogP contribution is 2.31. The van der Waals surface area contributed by atoms with Crippen molar-refractivity contribution in [1.29, 1.82) is 5.41 Å². The number of amides is 2. The third-order valence-electron chi connectivity index (χ3n) is 7.18. The molecule has 1 atom stereocenters. The standard InChI is InChI=1S/C28H32N6O5.ClH/c1-28(27(39)34-11-3-4-12-34,16-33(2)23(35)15-24(36)37)19-9-10-20-21(14-19)31-22(26(38)32-20)13-17-5-7-18(8-6-17)25(29)30;/h5-10,14H,3-4,11-13,15-16H2,1-2H3,(H3,29,30)(H,32,38)(H,36,37);1H. The average molecular weight is 569 g/mol. The molecule has 3 aromatic rings. The summed E-state index contributed by atoms with van der Waals surface area (Å²) in [7, 11) is 1.49. The number of carbonyl (C=O) groups is 3. The van der Waals surface area contributed by atoms with E-state index in [0.29, 0.717) is 35.2 Å². The summed E-state index contributed by atoms with van der Waals surface area (Å²) in [6, 6.07) is 12.2. The van der Waals surface area contributed by atoms with Crippen molar-refractivity contribution in [2.75, 3.05) is 26.7 Å². The second-order valence-corrected chi connectivity index (χ2v) is 10.2. The zero-order valence-electron chi connectivity index (χ0n) is 22.4. The van der Waals surface area contributed by atoms with Crippen LogP contribution in [0.1, 0.15) is 48.6 Å². The highest BCUT2D eigenvalue weighted by molar-refractivity contribution is 5.95. The van der Waals surface area contributed by atoms with Gasteiger partial charge >= 0.3 is 5.97 Å². The Hall–Kier alpha value is -4.25. The first-order valence-electron chi connectivity index (χ1n) is 12.7. The van der Waals surface area contributed by atoms with Gasteiger partial charge in [-0.05, 0) is 43.0 Å². The molecule has 0 bridgehead atoms. The molecule has 1 aliphatic heterocycles. The zero-order valence-corrected chi connectivity index (χ0v) is 23.2. The number of nitrogen functional groups attached to an aromatic ring is 1. The van der Waals surface area contributed by atoms with Crippen LogP contribution >= 0.6 is 12.4 Å². The Balaban J connectivity index is 0.00000441. The van der Waals surface area contributed by atoms with E-state index in [-0.39, 0.29) is 48.4 Å². The molecule has 2 amide bonds. The van der Waals surface area contributed by atoms with Crippen LogP contribution in [0.5, 0.6) is 0 Å². The van der Waals surface area contributed by atoms with Gasteiger partial charge in [-0.1, -0.05) is 30.3 Å². The number of rotatable bonds is 9. The maximum Gasteiger partial charge on any atom is 0.312 e. The van der Waals surface area contributed by atoms with Crippen LogP contribution in [-0.2, 0) is 26.2 Å². The SMILES string of the molecule is CN(CC(C)(C(=O)N1CCCC1)c1ccc2[nH]c(=O)c(Cc3ccc(C(=N)N)cc3)nc2c1)C(=O)CC(=O)O.Cl. The van der Waals surface area contributed by atoms with Crippen LogP contribution in [0.2, 0.25) is 0 Å². The largest absolute Gasteiger partial charge is 0.481 e. The molecule has 2 heterocycles.